The fourth-order valence-corrected chi connectivity index (χ4v) is 3.08. The standard InChI is InChI=1S/C26H34O5/c1-18(2)24(28)17-22-11-14-25(20(4)26(22)29)31-16-6-5-15-30-23-12-9-21(10-13-23)8-7-19(3)27/h9-14,18,29H,5-8,15-17H2,1-4H3. The monoisotopic (exact) mass is 426 g/mol. The van der Waals surface area contributed by atoms with Crippen molar-refractivity contribution in [3.8, 4) is 17.2 Å². The molecule has 0 saturated carbocycles. The lowest BCUT2D eigenvalue weighted by Gasteiger charge is -2.14. The van der Waals surface area contributed by atoms with Crippen molar-refractivity contribution in [2.24, 2.45) is 5.92 Å². The van der Waals surface area contributed by atoms with Crippen molar-refractivity contribution in [1.29, 1.82) is 0 Å². The zero-order valence-electron chi connectivity index (χ0n) is 19.1. The van der Waals surface area contributed by atoms with Gasteiger partial charge in [-0.25, -0.2) is 0 Å². The van der Waals surface area contributed by atoms with E-state index < -0.39 is 0 Å². The van der Waals surface area contributed by atoms with E-state index in [1.54, 1.807) is 19.9 Å². The molecule has 2 rings (SSSR count). The Morgan fingerprint density at radius 1 is 0.968 bits per heavy atom. The van der Waals surface area contributed by atoms with Crippen molar-refractivity contribution >= 4 is 11.6 Å². The van der Waals surface area contributed by atoms with Crippen molar-refractivity contribution in [2.45, 2.75) is 59.8 Å². The Bertz CT molecular complexity index is 868. The lowest BCUT2D eigenvalue weighted by atomic mass is 9.98. The van der Waals surface area contributed by atoms with Gasteiger partial charge >= 0.3 is 0 Å². The molecular formula is C26H34O5. The van der Waals surface area contributed by atoms with Gasteiger partial charge in [-0.15, -0.1) is 0 Å². The minimum absolute atomic E-state index is 0.0532. The fraction of sp³-hybridized carbons (Fsp3) is 0.462. The van der Waals surface area contributed by atoms with Gasteiger partial charge in [0, 0.05) is 29.9 Å². The molecule has 0 saturated heterocycles. The average molecular weight is 427 g/mol. The number of unbranched alkanes of at least 4 members (excludes halogenated alkanes) is 1. The van der Waals surface area contributed by atoms with E-state index in [4.69, 9.17) is 9.47 Å². The molecule has 5 heteroatoms. The SMILES string of the molecule is CC(=O)CCc1ccc(OCCCCOc2ccc(CC(=O)C(C)C)c(O)c2C)cc1. The number of Topliss-reactive ketones (excluding diaryl/α,β-unsaturated/α-hetero) is 2. The summed E-state index contributed by atoms with van der Waals surface area (Å²) in [5.74, 6) is 1.85. The second-order valence-electron chi connectivity index (χ2n) is 8.24. The molecule has 0 aromatic heterocycles. The first-order valence-corrected chi connectivity index (χ1v) is 11.0. The van der Waals surface area contributed by atoms with E-state index in [0.29, 0.717) is 36.5 Å². The molecule has 0 heterocycles. The highest BCUT2D eigenvalue weighted by atomic mass is 16.5. The van der Waals surface area contributed by atoms with Crippen LogP contribution in [0.3, 0.4) is 0 Å². The van der Waals surface area contributed by atoms with Gasteiger partial charge in [0.15, 0.2) is 0 Å². The number of ketones is 2. The Labute approximate surface area is 185 Å². The first-order chi connectivity index (χ1) is 14.8. The van der Waals surface area contributed by atoms with Crippen LogP contribution in [0.5, 0.6) is 17.2 Å². The minimum atomic E-state index is -0.0532. The molecule has 0 aliphatic carbocycles. The molecule has 0 fully saturated rings. The molecule has 2 aromatic carbocycles. The van der Waals surface area contributed by atoms with Gasteiger partial charge in [-0.3, -0.25) is 4.79 Å². The summed E-state index contributed by atoms with van der Waals surface area (Å²) < 4.78 is 11.6. The number of carbonyl (C=O) groups is 2. The molecule has 168 valence electrons. The van der Waals surface area contributed by atoms with Crippen LogP contribution in [0.2, 0.25) is 0 Å². The molecule has 1 N–H and O–H groups in total. The third-order valence-electron chi connectivity index (χ3n) is 5.23. The molecule has 0 amide bonds. The Hall–Kier alpha value is -2.82. The van der Waals surface area contributed by atoms with Crippen LogP contribution < -0.4 is 9.47 Å². The van der Waals surface area contributed by atoms with Gasteiger partial charge in [0.2, 0.25) is 0 Å². The zero-order chi connectivity index (χ0) is 22.8. The van der Waals surface area contributed by atoms with Gasteiger partial charge in [0.25, 0.3) is 0 Å². The summed E-state index contributed by atoms with van der Waals surface area (Å²) in [4.78, 5) is 23.0. The quantitative estimate of drug-likeness (QED) is 0.444. The number of aryl methyl sites for hydroxylation is 1. The van der Waals surface area contributed by atoms with Crippen LogP contribution in [0.4, 0.5) is 0 Å². The lowest BCUT2D eigenvalue weighted by Crippen LogP contribution is -2.10. The van der Waals surface area contributed by atoms with E-state index in [2.05, 4.69) is 0 Å². The Morgan fingerprint density at radius 3 is 2.23 bits per heavy atom. The first-order valence-electron chi connectivity index (χ1n) is 11.0. The van der Waals surface area contributed by atoms with Gasteiger partial charge in [-0.1, -0.05) is 32.0 Å². The summed E-state index contributed by atoms with van der Waals surface area (Å²) in [5, 5.41) is 10.4. The molecule has 0 aliphatic heterocycles. The van der Waals surface area contributed by atoms with Crippen LogP contribution in [0.25, 0.3) is 0 Å². The van der Waals surface area contributed by atoms with Gasteiger partial charge in [0.1, 0.15) is 28.8 Å². The van der Waals surface area contributed by atoms with Crippen molar-refractivity contribution in [3.63, 3.8) is 0 Å². The molecule has 2 aromatic rings. The summed E-state index contributed by atoms with van der Waals surface area (Å²) >= 11 is 0. The van der Waals surface area contributed by atoms with E-state index in [-0.39, 0.29) is 29.7 Å². The Kier molecular flexibility index (Phi) is 9.57. The molecule has 0 spiro atoms. The van der Waals surface area contributed by atoms with Crippen LogP contribution in [0, 0.1) is 12.8 Å². The van der Waals surface area contributed by atoms with Gasteiger partial charge in [-0.05, 0) is 56.9 Å². The topological polar surface area (TPSA) is 72.8 Å². The molecule has 0 bridgehead atoms. The fourth-order valence-electron chi connectivity index (χ4n) is 3.08. The number of phenols is 1. The number of hydrogen-bond donors (Lipinski definition) is 1. The predicted molar refractivity (Wildman–Crippen MR) is 122 cm³/mol. The van der Waals surface area contributed by atoms with Crippen LogP contribution in [-0.2, 0) is 22.4 Å². The normalized spacial score (nSPS) is 10.9. The van der Waals surface area contributed by atoms with Crippen LogP contribution in [0.15, 0.2) is 36.4 Å². The molecule has 0 radical (unpaired) electrons. The van der Waals surface area contributed by atoms with E-state index in [9.17, 15) is 14.7 Å². The van der Waals surface area contributed by atoms with Crippen LogP contribution in [-0.4, -0.2) is 29.9 Å². The van der Waals surface area contributed by atoms with E-state index >= 15 is 0 Å². The summed E-state index contributed by atoms with van der Waals surface area (Å²) in [6.45, 7) is 8.25. The molecule has 5 nitrogen and oxygen atoms in total. The third kappa shape index (κ3) is 8.08. The lowest BCUT2D eigenvalue weighted by molar-refractivity contribution is -0.121. The van der Waals surface area contributed by atoms with Crippen molar-refractivity contribution < 1.29 is 24.2 Å². The zero-order valence-corrected chi connectivity index (χ0v) is 19.1. The number of ether oxygens (including phenoxy) is 2. The minimum Gasteiger partial charge on any atom is -0.507 e. The predicted octanol–water partition coefficient (Wildman–Crippen LogP) is 5.23. The summed E-state index contributed by atoms with van der Waals surface area (Å²) in [5.41, 5.74) is 2.44. The summed E-state index contributed by atoms with van der Waals surface area (Å²) in [7, 11) is 0. The van der Waals surface area contributed by atoms with Gasteiger partial charge in [-0.2, -0.15) is 0 Å². The maximum absolute atomic E-state index is 11.9. The molecule has 0 unspecified atom stereocenters. The number of rotatable bonds is 13. The molecule has 0 atom stereocenters. The average Bonchev–Trinajstić information content (AvgIpc) is 2.74. The van der Waals surface area contributed by atoms with E-state index in [0.717, 1.165) is 30.6 Å². The van der Waals surface area contributed by atoms with Gasteiger partial charge < -0.3 is 19.4 Å². The Balaban J connectivity index is 1.71. The smallest absolute Gasteiger partial charge is 0.139 e. The van der Waals surface area contributed by atoms with Crippen LogP contribution >= 0.6 is 0 Å². The van der Waals surface area contributed by atoms with Gasteiger partial charge in [0.05, 0.1) is 13.2 Å². The molecule has 0 aliphatic rings. The first kappa shape index (κ1) is 24.4. The summed E-state index contributed by atoms with van der Waals surface area (Å²) in [6, 6.07) is 11.4. The Morgan fingerprint density at radius 2 is 1.61 bits per heavy atom. The second-order valence-corrected chi connectivity index (χ2v) is 8.24. The van der Waals surface area contributed by atoms with E-state index in [1.807, 2.05) is 44.2 Å². The highest BCUT2D eigenvalue weighted by molar-refractivity contribution is 5.83. The molecular weight excluding hydrogens is 392 g/mol. The van der Waals surface area contributed by atoms with Crippen molar-refractivity contribution in [3.05, 3.63) is 53.1 Å². The highest BCUT2D eigenvalue weighted by Crippen LogP contribution is 2.31. The highest BCUT2D eigenvalue weighted by Gasteiger charge is 2.15. The maximum Gasteiger partial charge on any atom is 0.139 e. The number of benzene rings is 2. The largest absolute Gasteiger partial charge is 0.507 e. The summed E-state index contributed by atoms with van der Waals surface area (Å²) in [6.07, 6.45) is 3.23. The molecule has 31 heavy (non-hydrogen) atoms. The van der Waals surface area contributed by atoms with Crippen molar-refractivity contribution in [1.82, 2.24) is 0 Å². The number of hydrogen-bond acceptors (Lipinski definition) is 5. The second kappa shape index (κ2) is 12.1. The third-order valence-corrected chi connectivity index (χ3v) is 5.23. The number of carbonyl (C=O) groups excluding carboxylic acids is 2. The van der Waals surface area contributed by atoms with E-state index in [1.165, 1.54) is 0 Å². The van der Waals surface area contributed by atoms with Crippen molar-refractivity contribution in [2.75, 3.05) is 13.2 Å². The number of aromatic hydroxyl groups is 1. The number of phenolic OH excluding ortho intramolecular Hbond substituents is 1. The van der Waals surface area contributed by atoms with Crippen LogP contribution in [0.1, 0.15) is 56.7 Å². The maximum atomic E-state index is 11.9.